The summed E-state index contributed by atoms with van der Waals surface area (Å²) in [5.41, 5.74) is 2.68. The van der Waals surface area contributed by atoms with Gasteiger partial charge in [-0.3, -0.25) is 9.78 Å². The smallest absolute Gasteiger partial charge is 0.167 e. The Hall–Kier alpha value is -1.42. The van der Waals surface area contributed by atoms with Crippen LogP contribution >= 0.6 is 0 Å². The lowest BCUT2D eigenvalue weighted by Gasteiger charge is -2.15. The number of hydrogen-bond acceptors (Lipinski definition) is 4. The lowest BCUT2D eigenvalue weighted by molar-refractivity contribution is -0.128. The van der Waals surface area contributed by atoms with Crippen LogP contribution in [0.2, 0.25) is 0 Å². The third-order valence-electron chi connectivity index (χ3n) is 3.29. The molecule has 4 heteroatoms. The van der Waals surface area contributed by atoms with Crippen LogP contribution in [0.4, 0.5) is 0 Å². The minimum Gasteiger partial charge on any atom is -0.496 e. The number of aryl methyl sites for hydroxylation is 1. The van der Waals surface area contributed by atoms with E-state index in [0.717, 1.165) is 35.4 Å². The summed E-state index contributed by atoms with van der Waals surface area (Å²) in [6.07, 6.45) is 3.38. The first-order valence-electron chi connectivity index (χ1n) is 6.59. The zero-order valence-corrected chi connectivity index (χ0v) is 12.4. The summed E-state index contributed by atoms with van der Waals surface area (Å²) < 4.78 is 10.6. The molecule has 4 nitrogen and oxygen atoms in total. The maximum atomic E-state index is 12.2. The molecular weight excluding hydrogens is 242 g/mol. The monoisotopic (exact) mass is 265 g/mol. The Morgan fingerprint density at radius 1 is 1.37 bits per heavy atom. The SMILES string of the molecule is CCCC(OC)C(=O)Cc1ncc(C)c(OC)c1C. The largest absolute Gasteiger partial charge is 0.496 e. The van der Waals surface area contributed by atoms with Gasteiger partial charge in [0.1, 0.15) is 11.9 Å². The summed E-state index contributed by atoms with van der Waals surface area (Å²) in [4.78, 5) is 16.5. The van der Waals surface area contributed by atoms with Crippen LogP contribution in [-0.2, 0) is 16.0 Å². The second-order valence-electron chi connectivity index (χ2n) is 4.70. The molecule has 19 heavy (non-hydrogen) atoms. The highest BCUT2D eigenvalue weighted by atomic mass is 16.5. The average molecular weight is 265 g/mol. The van der Waals surface area contributed by atoms with E-state index in [1.54, 1.807) is 20.4 Å². The highest BCUT2D eigenvalue weighted by Crippen LogP contribution is 2.24. The van der Waals surface area contributed by atoms with Crippen LogP contribution in [0.3, 0.4) is 0 Å². The Morgan fingerprint density at radius 2 is 2.05 bits per heavy atom. The Labute approximate surface area is 115 Å². The molecule has 1 atom stereocenters. The van der Waals surface area contributed by atoms with Gasteiger partial charge >= 0.3 is 0 Å². The van der Waals surface area contributed by atoms with Crippen molar-refractivity contribution in [1.29, 1.82) is 0 Å². The molecule has 1 unspecified atom stereocenters. The Bertz CT molecular complexity index is 443. The minimum absolute atomic E-state index is 0.0749. The molecule has 1 aromatic heterocycles. The van der Waals surface area contributed by atoms with Gasteiger partial charge in [-0.25, -0.2) is 0 Å². The van der Waals surface area contributed by atoms with Gasteiger partial charge < -0.3 is 9.47 Å². The lowest BCUT2D eigenvalue weighted by Crippen LogP contribution is -2.25. The molecule has 0 N–H and O–H groups in total. The third kappa shape index (κ3) is 3.77. The molecule has 1 aromatic rings. The van der Waals surface area contributed by atoms with Gasteiger partial charge in [0.25, 0.3) is 0 Å². The molecule has 0 aliphatic carbocycles. The van der Waals surface area contributed by atoms with Crippen molar-refractivity contribution in [2.75, 3.05) is 14.2 Å². The van der Waals surface area contributed by atoms with Crippen LogP contribution in [0, 0.1) is 13.8 Å². The van der Waals surface area contributed by atoms with E-state index in [1.807, 2.05) is 20.8 Å². The predicted octanol–water partition coefficient (Wildman–Crippen LogP) is 2.63. The van der Waals surface area contributed by atoms with Crippen LogP contribution in [0.5, 0.6) is 5.75 Å². The third-order valence-corrected chi connectivity index (χ3v) is 3.29. The normalized spacial score (nSPS) is 12.3. The number of nitrogens with zero attached hydrogens (tertiary/aromatic N) is 1. The van der Waals surface area contributed by atoms with Gasteiger partial charge in [0.15, 0.2) is 5.78 Å². The lowest BCUT2D eigenvalue weighted by atomic mass is 10.0. The number of methoxy groups -OCH3 is 2. The molecule has 0 spiro atoms. The number of rotatable bonds is 7. The van der Waals surface area contributed by atoms with Gasteiger partial charge in [0.2, 0.25) is 0 Å². The van der Waals surface area contributed by atoms with Crippen molar-refractivity contribution in [2.24, 2.45) is 0 Å². The Kier molecular flexibility index (Phi) is 5.96. The molecule has 0 saturated carbocycles. The zero-order chi connectivity index (χ0) is 14.4. The maximum Gasteiger partial charge on any atom is 0.167 e. The van der Waals surface area contributed by atoms with E-state index in [-0.39, 0.29) is 11.9 Å². The van der Waals surface area contributed by atoms with Crippen LogP contribution in [0.15, 0.2) is 6.20 Å². The van der Waals surface area contributed by atoms with Gasteiger partial charge in [0.05, 0.1) is 19.2 Å². The number of aromatic nitrogens is 1. The van der Waals surface area contributed by atoms with Crippen molar-refractivity contribution in [3.63, 3.8) is 0 Å². The van der Waals surface area contributed by atoms with Crippen LogP contribution in [-0.4, -0.2) is 31.1 Å². The molecule has 0 aliphatic heterocycles. The number of pyridine rings is 1. The summed E-state index contributed by atoms with van der Waals surface area (Å²) >= 11 is 0. The molecule has 0 amide bonds. The first-order chi connectivity index (χ1) is 9.04. The van der Waals surface area contributed by atoms with Gasteiger partial charge in [-0.15, -0.1) is 0 Å². The van der Waals surface area contributed by atoms with E-state index in [9.17, 15) is 4.79 Å². The van der Waals surface area contributed by atoms with E-state index in [0.29, 0.717) is 6.42 Å². The summed E-state index contributed by atoms with van der Waals surface area (Å²) in [5, 5.41) is 0. The summed E-state index contributed by atoms with van der Waals surface area (Å²) in [6, 6.07) is 0. The molecule has 0 aliphatic rings. The number of carbonyl (C=O) groups is 1. The van der Waals surface area contributed by atoms with Crippen LogP contribution < -0.4 is 4.74 Å². The molecule has 106 valence electrons. The molecular formula is C15H23NO3. The first kappa shape index (κ1) is 15.6. The standard InChI is InChI=1S/C15H23NO3/c1-6-7-14(18-4)13(17)8-12-11(3)15(19-5)10(2)9-16-12/h9,14H,6-8H2,1-5H3. The minimum atomic E-state index is -0.335. The van der Waals surface area contributed by atoms with E-state index in [2.05, 4.69) is 4.98 Å². The topological polar surface area (TPSA) is 48.4 Å². The molecule has 1 rings (SSSR count). The molecule has 0 fully saturated rings. The summed E-state index contributed by atoms with van der Waals surface area (Å²) in [7, 11) is 3.21. The number of ether oxygens (including phenoxy) is 2. The van der Waals surface area contributed by atoms with E-state index in [1.165, 1.54) is 0 Å². The zero-order valence-electron chi connectivity index (χ0n) is 12.4. The second-order valence-corrected chi connectivity index (χ2v) is 4.70. The van der Waals surface area contributed by atoms with E-state index in [4.69, 9.17) is 9.47 Å². The molecule has 0 aromatic carbocycles. The highest BCUT2D eigenvalue weighted by molar-refractivity contribution is 5.85. The van der Waals surface area contributed by atoms with E-state index >= 15 is 0 Å². The number of ketones is 1. The van der Waals surface area contributed by atoms with Gasteiger partial charge in [-0.05, 0) is 20.3 Å². The summed E-state index contributed by atoms with van der Waals surface area (Å²) in [5.74, 6) is 0.883. The van der Waals surface area contributed by atoms with Gasteiger partial charge in [0, 0.05) is 24.4 Å². The first-order valence-corrected chi connectivity index (χ1v) is 6.59. The van der Waals surface area contributed by atoms with Crippen LogP contribution in [0.25, 0.3) is 0 Å². The average Bonchev–Trinajstić information content (AvgIpc) is 2.39. The van der Waals surface area contributed by atoms with E-state index < -0.39 is 0 Å². The van der Waals surface area contributed by atoms with Crippen molar-refractivity contribution < 1.29 is 14.3 Å². The fourth-order valence-corrected chi connectivity index (χ4v) is 2.20. The van der Waals surface area contributed by atoms with Gasteiger partial charge in [-0.2, -0.15) is 0 Å². The molecule has 0 saturated heterocycles. The van der Waals surface area contributed by atoms with Crippen molar-refractivity contribution in [1.82, 2.24) is 4.98 Å². The predicted molar refractivity (Wildman–Crippen MR) is 74.7 cm³/mol. The van der Waals surface area contributed by atoms with Crippen molar-refractivity contribution in [3.05, 3.63) is 23.0 Å². The molecule has 0 bridgehead atoms. The Morgan fingerprint density at radius 3 is 2.58 bits per heavy atom. The fraction of sp³-hybridized carbons (Fsp3) is 0.600. The number of Topliss-reactive ketones (excluding diaryl/α,β-unsaturated/α-hetero) is 1. The van der Waals surface area contributed by atoms with Gasteiger partial charge in [-0.1, -0.05) is 13.3 Å². The quantitative estimate of drug-likeness (QED) is 0.760. The second kappa shape index (κ2) is 7.24. The highest BCUT2D eigenvalue weighted by Gasteiger charge is 2.20. The molecule has 0 radical (unpaired) electrons. The van der Waals surface area contributed by atoms with Crippen molar-refractivity contribution in [3.8, 4) is 5.75 Å². The molecule has 1 heterocycles. The van der Waals surface area contributed by atoms with Crippen molar-refractivity contribution >= 4 is 5.78 Å². The number of carbonyl (C=O) groups excluding carboxylic acids is 1. The number of hydrogen-bond donors (Lipinski definition) is 0. The fourth-order valence-electron chi connectivity index (χ4n) is 2.20. The Balaban J connectivity index is 2.91. The summed E-state index contributed by atoms with van der Waals surface area (Å²) in [6.45, 7) is 5.92. The maximum absolute atomic E-state index is 12.2. The van der Waals surface area contributed by atoms with Crippen molar-refractivity contribution in [2.45, 2.75) is 46.1 Å². The van der Waals surface area contributed by atoms with Crippen LogP contribution in [0.1, 0.15) is 36.6 Å².